The molecule has 0 aliphatic carbocycles. The molecule has 23 heavy (non-hydrogen) atoms. The molecule has 5 heteroatoms. The molecular weight excluding hydrogens is 290 g/mol. The molecule has 2 amide bonds. The van der Waals surface area contributed by atoms with Crippen molar-refractivity contribution >= 4 is 17.5 Å². The zero-order valence-corrected chi connectivity index (χ0v) is 13.9. The van der Waals surface area contributed by atoms with E-state index in [0.29, 0.717) is 32.0 Å². The van der Waals surface area contributed by atoms with Crippen LogP contribution in [0, 0.1) is 25.7 Å². The Hall–Kier alpha value is -1.88. The van der Waals surface area contributed by atoms with Crippen molar-refractivity contribution in [3.8, 4) is 0 Å². The molecule has 1 aromatic carbocycles. The number of carbonyl (C=O) groups is 2. The van der Waals surface area contributed by atoms with Crippen molar-refractivity contribution < 1.29 is 9.59 Å². The van der Waals surface area contributed by atoms with E-state index in [2.05, 4.69) is 6.07 Å². The normalized spacial score (nSPS) is 24.6. The largest absolute Gasteiger partial charge is 0.342 e. The van der Waals surface area contributed by atoms with Crippen LogP contribution in [-0.4, -0.2) is 42.9 Å². The highest BCUT2D eigenvalue weighted by atomic mass is 16.2. The Bertz CT molecular complexity index is 608. The molecule has 2 atom stereocenters. The number of anilines is 1. The van der Waals surface area contributed by atoms with E-state index in [1.807, 2.05) is 30.9 Å². The Morgan fingerprint density at radius 3 is 2.48 bits per heavy atom. The molecule has 2 fully saturated rings. The third-order valence-electron chi connectivity index (χ3n) is 4.95. The lowest BCUT2D eigenvalue weighted by Crippen LogP contribution is -2.39. The van der Waals surface area contributed by atoms with Crippen LogP contribution in [0.4, 0.5) is 5.69 Å². The van der Waals surface area contributed by atoms with E-state index < -0.39 is 5.92 Å². The lowest BCUT2D eigenvalue weighted by Gasteiger charge is -2.21. The first-order valence-corrected chi connectivity index (χ1v) is 8.38. The summed E-state index contributed by atoms with van der Waals surface area (Å²) in [5.74, 6) is -0.215. The molecule has 0 saturated carbocycles. The smallest absolute Gasteiger partial charge is 0.239 e. The zero-order chi connectivity index (χ0) is 16.6. The van der Waals surface area contributed by atoms with Gasteiger partial charge < -0.3 is 15.5 Å². The average molecular weight is 315 g/mol. The Balaban J connectivity index is 1.72. The fraction of sp³-hybridized carbons (Fsp3) is 0.556. The Labute approximate surface area is 137 Å². The monoisotopic (exact) mass is 315 g/mol. The second-order valence-corrected chi connectivity index (χ2v) is 6.85. The number of rotatable bonds is 3. The number of carbonyl (C=O) groups excluding carboxylic acids is 2. The van der Waals surface area contributed by atoms with E-state index in [-0.39, 0.29) is 11.8 Å². The van der Waals surface area contributed by atoms with Gasteiger partial charge in [-0.15, -0.1) is 0 Å². The number of nitrogens with zero attached hydrogens (tertiary/aromatic N) is 2. The zero-order valence-electron chi connectivity index (χ0n) is 13.9. The summed E-state index contributed by atoms with van der Waals surface area (Å²) in [5.41, 5.74) is 8.86. The van der Waals surface area contributed by atoms with E-state index in [1.165, 1.54) is 0 Å². The average Bonchev–Trinajstić information content (AvgIpc) is 3.12. The maximum atomic E-state index is 12.7. The summed E-state index contributed by atoms with van der Waals surface area (Å²) in [6.07, 6.45) is 1.55. The SMILES string of the molecule is Cc1cc(C)cc(N2CC[C@@H](C(=O)N3CC[C@H](CN)C3)C2=O)c1. The van der Waals surface area contributed by atoms with E-state index in [0.717, 1.165) is 29.8 Å². The molecule has 0 radical (unpaired) electrons. The molecule has 0 spiro atoms. The van der Waals surface area contributed by atoms with Crippen LogP contribution in [-0.2, 0) is 9.59 Å². The van der Waals surface area contributed by atoms with Gasteiger partial charge in [0.25, 0.3) is 0 Å². The van der Waals surface area contributed by atoms with E-state index >= 15 is 0 Å². The highest BCUT2D eigenvalue weighted by molar-refractivity contribution is 6.09. The van der Waals surface area contributed by atoms with Gasteiger partial charge in [-0.3, -0.25) is 9.59 Å². The molecule has 124 valence electrons. The summed E-state index contributed by atoms with van der Waals surface area (Å²) >= 11 is 0. The lowest BCUT2D eigenvalue weighted by molar-refractivity contribution is -0.139. The van der Waals surface area contributed by atoms with Crippen LogP contribution in [0.15, 0.2) is 18.2 Å². The first-order chi connectivity index (χ1) is 11.0. The standard InChI is InChI=1S/C18H25N3O2/c1-12-7-13(2)9-15(8-12)21-6-4-16(18(21)23)17(22)20-5-3-14(10-19)11-20/h7-9,14,16H,3-6,10-11,19H2,1-2H3/t14-,16+/m1/s1. The molecular formula is C18H25N3O2. The second-order valence-electron chi connectivity index (χ2n) is 6.85. The van der Waals surface area contributed by atoms with E-state index in [9.17, 15) is 9.59 Å². The van der Waals surface area contributed by atoms with Crippen molar-refractivity contribution in [3.05, 3.63) is 29.3 Å². The molecule has 0 aromatic heterocycles. The van der Waals surface area contributed by atoms with E-state index in [1.54, 1.807) is 4.90 Å². The predicted molar refractivity (Wildman–Crippen MR) is 90.1 cm³/mol. The molecule has 2 aliphatic heterocycles. The van der Waals surface area contributed by atoms with Crippen molar-refractivity contribution in [3.63, 3.8) is 0 Å². The van der Waals surface area contributed by atoms with Gasteiger partial charge in [0, 0.05) is 25.3 Å². The fourth-order valence-electron chi connectivity index (χ4n) is 3.72. The van der Waals surface area contributed by atoms with Gasteiger partial charge in [-0.05, 0) is 62.4 Å². The summed E-state index contributed by atoms with van der Waals surface area (Å²) in [6.45, 7) is 6.70. The van der Waals surface area contributed by atoms with Gasteiger partial charge >= 0.3 is 0 Å². The number of nitrogens with two attached hydrogens (primary N) is 1. The van der Waals surface area contributed by atoms with Crippen LogP contribution >= 0.6 is 0 Å². The summed E-state index contributed by atoms with van der Waals surface area (Å²) < 4.78 is 0. The first-order valence-electron chi connectivity index (χ1n) is 8.38. The highest BCUT2D eigenvalue weighted by Crippen LogP contribution is 2.29. The molecule has 2 N–H and O–H groups in total. The van der Waals surface area contributed by atoms with Crippen LogP contribution in [0.5, 0.6) is 0 Å². The number of benzene rings is 1. The van der Waals surface area contributed by atoms with Gasteiger partial charge in [-0.2, -0.15) is 0 Å². The van der Waals surface area contributed by atoms with Crippen molar-refractivity contribution in [1.29, 1.82) is 0 Å². The van der Waals surface area contributed by atoms with Crippen LogP contribution in [0.25, 0.3) is 0 Å². The molecule has 0 unspecified atom stereocenters. The highest BCUT2D eigenvalue weighted by Gasteiger charge is 2.41. The minimum absolute atomic E-state index is 0.0159. The van der Waals surface area contributed by atoms with Crippen LogP contribution < -0.4 is 10.6 Å². The Morgan fingerprint density at radius 1 is 1.17 bits per heavy atom. The molecule has 1 aromatic rings. The fourth-order valence-corrected chi connectivity index (χ4v) is 3.72. The molecule has 2 aliphatic rings. The van der Waals surface area contributed by atoms with Gasteiger partial charge in [-0.25, -0.2) is 0 Å². The summed E-state index contributed by atoms with van der Waals surface area (Å²) in [4.78, 5) is 29.0. The second kappa shape index (κ2) is 6.32. The van der Waals surface area contributed by atoms with Crippen molar-refractivity contribution in [2.24, 2.45) is 17.6 Å². The maximum Gasteiger partial charge on any atom is 0.239 e. The minimum atomic E-state index is -0.521. The quantitative estimate of drug-likeness (QED) is 0.859. The lowest BCUT2D eigenvalue weighted by atomic mass is 10.1. The number of hydrogen-bond donors (Lipinski definition) is 1. The molecule has 2 heterocycles. The number of aryl methyl sites for hydroxylation is 2. The molecule has 2 saturated heterocycles. The number of likely N-dealkylation sites (tertiary alicyclic amines) is 1. The minimum Gasteiger partial charge on any atom is -0.342 e. The number of hydrogen-bond acceptors (Lipinski definition) is 3. The van der Waals surface area contributed by atoms with Gasteiger partial charge in [-0.1, -0.05) is 6.07 Å². The van der Waals surface area contributed by atoms with Crippen LogP contribution in [0.1, 0.15) is 24.0 Å². The predicted octanol–water partition coefficient (Wildman–Crippen LogP) is 1.46. The Morgan fingerprint density at radius 2 is 1.87 bits per heavy atom. The maximum absolute atomic E-state index is 12.7. The topological polar surface area (TPSA) is 66.6 Å². The third kappa shape index (κ3) is 3.11. The van der Waals surface area contributed by atoms with Crippen molar-refractivity contribution in [1.82, 2.24) is 4.90 Å². The first kappa shape index (κ1) is 16.0. The van der Waals surface area contributed by atoms with Crippen LogP contribution in [0.3, 0.4) is 0 Å². The van der Waals surface area contributed by atoms with E-state index in [4.69, 9.17) is 5.73 Å². The summed E-state index contributed by atoms with van der Waals surface area (Å²) in [6, 6.07) is 6.11. The molecule has 0 bridgehead atoms. The third-order valence-corrected chi connectivity index (χ3v) is 4.95. The summed E-state index contributed by atoms with van der Waals surface area (Å²) in [5, 5.41) is 0. The summed E-state index contributed by atoms with van der Waals surface area (Å²) in [7, 11) is 0. The van der Waals surface area contributed by atoms with Crippen molar-refractivity contribution in [2.75, 3.05) is 31.1 Å². The molecule has 3 rings (SSSR count). The number of amides is 2. The Kier molecular flexibility index (Phi) is 4.39. The molecule has 5 nitrogen and oxygen atoms in total. The van der Waals surface area contributed by atoms with Gasteiger partial charge in [0.15, 0.2) is 0 Å². The van der Waals surface area contributed by atoms with Gasteiger partial charge in [0.05, 0.1) is 0 Å². The van der Waals surface area contributed by atoms with Gasteiger partial charge in [0.1, 0.15) is 5.92 Å². The van der Waals surface area contributed by atoms with Crippen LogP contribution in [0.2, 0.25) is 0 Å². The van der Waals surface area contributed by atoms with Crippen molar-refractivity contribution in [2.45, 2.75) is 26.7 Å². The van der Waals surface area contributed by atoms with Gasteiger partial charge in [0.2, 0.25) is 11.8 Å².